The Morgan fingerprint density at radius 2 is 1.40 bits per heavy atom. The predicted octanol–water partition coefficient (Wildman–Crippen LogP) is 5.35. The fraction of sp³-hybridized carbons (Fsp3) is 0.368. The van der Waals surface area contributed by atoms with Crippen molar-refractivity contribution in [1.29, 1.82) is 0 Å². The molecule has 1 heteroatoms. The first-order valence-corrected chi connectivity index (χ1v) is 7.81. The Bertz CT molecular complexity index is 509. The van der Waals surface area contributed by atoms with Crippen LogP contribution in [0.1, 0.15) is 32.1 Å². The molecular formula is C19H23N. The molecule has 1 aliphatic carbocycles. The predicted molar refractivity (Wildman–Crippen MR) is 86.9 cm³/mol. The molecule has 1 saturated carbocycles. The Morgan fingerprint density at radius 3 is 2.10 bits per heavy atom. The molecule has 0 radical (unpaired) electrons. The maximum Gasteiger partial charge on any atom is 0.0340 e. The molecule has 1 N–H and O–H groups in total. The molecular weight excluding hydrogens is 242 g/mol. The van der Waals surface area contributed by atoms with Crippen molar-refractivity contribution in [1.82, 2.24) is 0 Å². The number of hydrogen-bond acceptors (Lipinski definition) is 1. The third-order valence-electron chi connectivity index (χ3n) is 4.31. The van der Waals surface area contributed by atoms with Crippen LogP contribution in [-0.4, -0.2) is 6.54 Å². The van der Waals surface area contributed by atoms with Crippen molar-refractivity contribution in [3.63, 3.8) is 0 Å². The van der Waals surface area contributed by atoms with Crippen molar-refractivity contribution < 1.29 is 0 Å². The van der Waals surface area contributed by atoms with Crippen molar-refractivity contribution >= 4 is 5.69 Å². The van der Waals surface area contributed by atoms with Gasteiger partial charge < -0.3 is 5.32 Å². The Balaban J connectivity index is 1.58. The zero-order chi connectivity index (χ0) is 13.6. The van der Waals surface area contributed by atoms with Crippen LogP contribution in [0.3, 0.4) is 0 Å². The molecule has 20 heavy (non-hydrogen) atoms. The minimum absolute atomic E-state index is 0.873. The summed E-state index contributed by atoms with van der Waals surface area (Å²) in [6, 6.07) is 19.4. The summed E-state index contributed by atoms with van der Waals surface area (Å²) in [5.74, 6) is 0.873. The van der Waals surface area contributed by atoms with Gasteiger partial charge in [-0.15, -0.1) is 0 Å². The van der Waals surface area contributed by atoms with Crippen molar-refractivity contribution in [2.45, 2.75) is 32.1 Å². The fourth-order valence-corrected chi connectivity index (χ4v) is 3.06. The molecule has 0 spiro atoms. The molecule has 1 nitrogen and oxygen atoms in total. The van der Waals surface area contributed by atoms with Crippen LogP contribution in [0.5, 0.6) is 0 Å². The maximum absolute atomic E-state index is 3.59. The van der Waals surface area contributed by atoms with Gasteiger partial charge in [-0.25, -0.2) is 0 Å². The molecule has 0 bridgehead atoms. The lowest BCUT2D eigenvalue weighted by Crippen LogP contribution is -2.16. The first-order chi connectivity index (χ1) is 9.92. The number of hydrogen-bond donors (Lipinski definition) is 1. The van der Waals surface area contributed by atoms with E-state index in [1.807, 2.05) is 0 Å². The fourth-order valence-electron chi connectivity index (χ4n) is 3.06. The van der Waals surface area contributed by atoms with Gasteiger partial charge in [0.2, 0.25) is 0 Å². The van der Waals surface area contributed by atoms with Gasteiger partial charge >= 0.3 is 0 Å². The van der Waals surface area contributed by atoms with Crippen LogP contribution in [0.15, 0.2) is 54.6 Å². The summed E-state index contributed by atoms with van der Waals surface area (Å²) in [5.41, 5.74) is 3.82. The second-order valence-corrected chi connectivity index (χ2v) is 5.83. The summed E-state index contributed by atoms with van der Waals surface area (Å²) in [7, 11) is 0. The van der Waals surface area contributed by atoms with Crippen LogP contribution in [0.2, 0.25) is 0 Å². The van der Waals surface area contributed by atoms with Gasteiger partial charge in [0.1, 0.15) is 0 Å². The SMILES string of the molecule is c1ccc(-c2ccc(NCC3CCCCC3)cc2)cc1. The van der Waals surface area contributed by atoms with E-state index >= 15 is 0 Å². The van der Waals surface area contributed by atoms with E-state index in [1.165, 1.54) is 48.9 Å². The average Bonchev–Trinajstić information content (AvgIpc) is 2.55. The highest BCUT2D eigenvalue weighted by atomic mass is 14.9. The number of rotatable bonds is 4. The normalized spacial score (nSPS) is 16.0. The second kappa shape index (κ2) is 6.60. The monoisotopic (exact) mass is 265 g/mol. The molecule has 104 valence electrons. The van der Waals surface area contributed by atoms with E-state index in [2.05, 4.69) is 59.9 Å². The smallest absolute Gasteiger partial charge is 0.0340 e. The number of benzene rings is 2. The highest BCUT2D eigenvalue weighted by molar-refractivity contribution is 5.65. The maximum atomic E-state index is 3.59. The van der Waals surface area contributed by atoms with Crippen molar-refractivity contribution in [2.24, 2.45) is 5.92 Å². The van der Waals surface area contributed by atoms with Crippen LogP contribution < -0.4 is 5.32 Å². The summed E-state index contributed by atoms with van der Waals surface area (Å²) in [6.45, 7) is 1.13. The Labute approximate surface area is 122 Å². The van der Waals surface area contributed by atoms with Gasteiger partial charge in [-0.1, -0.05) is 61.7 Å². The summed E-state index contributed by atoms with van der Waals surface area (Å²) in [5, 5.41) is 3.59. The zero-order valence-electron chi connectivity index (χ0n) is 12.0. The van der Waals surface area contributed by atoms with Crippen LogP contribution in [-0.2, 0) is 0 Å². The third kappa shape index (κ3) is 3.41. The lowest BCUT2D eigenvalue weighted by molar-refractivity contribution is 0.373. The molecule has 0 atom stereocenters. The summed E-state index contributed by atoms with van der Waals surface area (Å²) in [6.07, 6.45) is 7.06. The third-order valence-corrected chi connectivity index (χ3v) is 4.31. The molecule has 0 saturated heterocycles. The van der Waals surface area contributed by atoms with E-state index < -0.39 is 0 Å². The molecule has 2 aromatic carbocycles. The Kier molecular flexibility index (Phi) is 4.37. The summed E-state index contributed by atoms with van der Waals surface area (Å²) in [4.78, 5) is 0. The standard InChI is InChI=1S/C19H23N/c1-3-7-16(8-4-1)15-20-19-13-11-18(12-14-19)17-9-5-2-6-10-17/h2,5-6,9-14,16,20H,1,3-4,7-8,15H2. The average molecular weight is 265 g/mol. The molecule has 0 aromatic heterocycles. The van der Waals surface area contributed by atoms with Crippen LogP contribution in [0.4, 0.5) is 5.69 Å². The Hall–Kier alpha value is -1.76. The first-order valence-electron chi connectivity index (χ1n) is 7.81. The molecule has 2 aromatic rings. The van der Waals surface area contributed by atoms with Crippen LogP contribution >= 0.6 is 0 Å². The zero-order valence-corrected chi connectivity index (χ0v) is 12.0. The first kappa shape index (κ1) is 13.2. The lowest BCUT2D eigenvalue weighted by atomic mass is 9.89. The minimum Gasteiger partial charge on any atom is -0.385 e. The molecule has 0 unspecified atom stereocenters. The molecule has 1 fully saturated rings. The molecule has 3 rings (SSSR count). The molecule has 0 amide bonds. The summed E-state index contributed by atoms with van der Waals surface area (Å²) < 4.78 is 0. The van der Waals surface area contributed by atoms with E-state index in [4.69, 9.17) is 0 Å². The van der Waals surface area contributed by atoms with Crippen LogP contribution in [0.25, 0.3) is 11.1 Å². The highest BCUT2D eigenvalue weighted by Crippen LogP contribution is 2.25. The number of anilines is 1. The number of nitrogens with one attached hydrogen (secondary N) is 1. The molecule has 0 aliphatic heterocycles. The van der Waals surface area contributed by atoms with Gasteiger partial charge in [0.25, 0.3) is 0 Å². The van der Waals surface area contributed by atoms with Crippen LogP contribution in [0, 0.1) is 5.92 Å². The van der Waals surface area contributed by atoms with Gasteiger partial charge in [0, 0.05) is 12.2 Å². The van der Waals surface area contributed by atoms with E-state index in [0.717, 1.165) is 12.5 Å². The van der Waals surface area contributed by atoms with E-state index in [0.29, 0.717) is 0 Å². The van der Waals surface area contributed by atoms with E-state index in [9.17, 15) is 0 Å². The van der Waals surface area contributed by atoms with Gasteiger partial charge in [-0.05, 0) is 42.0 Å². The van der Waals surface area contributed by atoms with Gasteiger partial charge in [-0.3, -0.25) is 0 Å². The van der Waals surface area contributed by atoms with Gasteiger partial charge in [-0.2, -0.15) is 0 Å². The lowest BCUT2D eigenvalue weighted by Gasteiger charge is -2.22. The van der Waals surface area contributed by atoms with E-state index in [1.54, 1.807) is 0 Å². The molecule has 0 heterocycles. The van der Waals surface area contributed by atoms with Crippen molar-refractivity contribution in [2.75, 3.05) is 11.9 Å². The largest absolute Gasteiger partial charge is 0.385 e. The Morgan fingerprint density at radius 1 is 0.750 bits per heavy atom. The highest BCUT2D eigenvalue weighted by Gasteiger charge is 2.12. The minimum atomic E-state index is 0.873. The topological polar surface area (TPSA) is 12.0 Å². The summed E-state index contributed by atoms with van der Waals surface area (Å²) >= 11 is 0. The van der Waals surface area contributed by atoms with E-state index in [-0.39, 0.29) is 0 Å². The van der Waals surface area contributed by atoms with Crippen molar-refractivity contribution in [3.05, 3.63) is 54.6 Å². The quantitative estimate of drug-likeness (QED) is 0.786. The second-order valence-electron chi connectivity index (χ2n) is 5.83. The molecule has 1 aliphatic rings. The van der Waals surface area contributed by atoms with Gasteiger partial charge in [0.15, 0.2) is 0 Å². The van der Waals surface area contributed by atoms with Crippen molar-refractivity contribution in [3.8, 4) is 11.1 Å². The van der Waals surface area contributed by atoms with Gasteiger partial charge in [0.05, 0.1) is 0 Å².